The molecule has 2 aromatic rings. The summed E-state index contributed by atoms with van der Waals surface area (Å²) >= 11 is 3.20. The van der Waals surface area contributed by atoms with E-state index in [0.717, 1.165) is 15.7 Å². The molecule has 2 rings (SSSR count). The van der Waals surface area contributed by atoms with Crippen LogP contribution in [0.15, 0.2) is 40.2 Å². The van der Waals surface area contributed by atoms with Crippen molar-refractivity contribution in [1.29, 1.82) is 0 Å². The second-order valence-corrected chi connectivity index (χ2v) is 5.21. The molecule has 0 radical (unpaired) electrons. The number of carbonyl (C=O) groups is 1. The average Bonchev–Trinajstić information content (AvgIpc) is 2.79. The average molecular weight is 251 g/mol. The summed E-state index contributed by atoms with van der Waals surface area (Å²) in [7, 11) is 0. The fraction of sp³-hybridized carbons (Fsp3) is 0.0909. The summed E-state index contributed by atoms with van der Waals surface area (Å²) < 4.78 is 1.00. The second-order valence-electron chi connectivity index (χ2n) is 3.09. The monoisotopic (exact) mass is 251 g/mol. The highest BCUT2D eigenvalue weighted by molar-refractivity contribution is 8.00. The predicted octanol–water partition coefficient (Wildman–Crippen LogP) is 3.13. The van der Waals surface area contributed by atoms with Crippen LogP contribution >= 0.6 is 23.1 Å². The lowest BCUT2D eigenvalue weighted by molar-refractivity contribution is 0.0697. The van der Waals surface area contributed by atoms with Gasteiger partial charge in [-0.1, -0.05) is 23.9 Å². The van der Waals surface area contributed by atoms with Gasteiger partial charge in [0.05, 0.1) is 5.56 Å². The molecule has 5 heteroatoms. The van der Waals surface area contributed by atoms with E-state index in [0.29, 0.717) is 5.56 Å². The number of benzene rings is 1. The molecule has 0 atom stereocenters. The van der Waals surface area contributed by atoms with Crippen LogP contribution in [0.25, 0.3) is 0 Å². The molecule has 16 heavy (non-hydrogen) atoms. The van der Waals surface area contributed by atoms with E-state index in [9.17, 15) is 4.79 Å². The molecule has 1 N–H and O–H groups in total. The summed E-state index contributed by atoms with van der Waals surface area (Å²) in [6.07, 6.45) is 1.76. The van der Waals surface area contributed by atoms with E-state index in [-0.39, 0.29) is 0 Å². The lowest BCUT2D eigenvalue weighted by atomic mass is 10.1. The summed E-state index contributed by atoms with van der Waals surface area (Å²) in [5, 5.41) is 10.8. The lowest BCUT2D eigenvalue weighted by Crippen LogP contribution is -1.96. The molecule has 0 spiro atoms. The Balaban J connectivity index is 2.04. The summed E-state index contributed by atoms with van der Waals surface area (Å²) in [6, 6.07) is 6.98. The van der Waals surface area contributed by atoms with Crippen molar-refractivity contribution in [3.63, 3.8) is 0 Å². The second kappa shape index (κ2) is 5.14. The van der Waals surface area contributed by atoms with Gasteiger partial charge in [0.1, 0.15) is 4.34 Å². The van der Waals surface area contributed by atoms with Crippen molar-refractivity contribution in [3.8, 4) is 0 Å². The zero-order chi connectivity index (χ0) is 11.4. The molecule has 1 heterocycles. The summed E-state index contributed by atoms with van der Waals surface area (Å²) in [5.41, 5.74) is 1.33. The minimum Gasteiger partial charge on any atom is -0.478 e. The van der Waals surface area contributed by atoms with E-state index in [1.165, 1.54) is 0 Å². The molecule has 1 aromatic heterocycles. The molecule has 0 saturated heterocycles. The van der Waals surface area contributed by atoms with Crippen LogP contribution in [0.1, 0.15) is 15.9 Å². The predicted molar refractivity (Wildman–Crippen MR) is 65.1 cm³/mol. The van der Waals surface area contributed by atoms with E-state index < -0.39 is 5.97 Å². The molecule has 1 aromatic carbocycles. The van der Waals surface area contributed by atoms with Gasteiger partial charge >= 0.3 is 5.97 Å². The molecule has 0 fully saturated rings. The number of carboxylic acid groups (broad SMARTS) is 1. The molecule has 0 aliphatic carbocycles. The Kier molecular flexibility index (Phi) is 3.58. The van der Waals surface area contributed by atoms with Crippen LogP contribution in [0.2, 0.25) is 0 Å². The van der Waals surface area contributed by atoms with Crippen molar-refractivity contribution in [3.05, 3.63) is 47.0 Å². The molecule has 0 amide bonds. The number of hydrogen-bond acceptors (Lipinski definition) is 4. The van der Waals surface area contributed by atoms with E-state index in [2.05, 4.69) is 4.98 Å². The topological polar surface area (TPSA) is 50.2 Å². The first-order valence-corrected chi connectivity index (χ1v) is 6.47. The highest BCUT2D eigenvalue weighted by atomic mass is 32.2. The standard InChI is InChI=1S/C11H9NO2S2/c13-10(14)9-3-1-2-8(6-9)7-16-11-12-4-5-15-11/h1-6H,7H2,(H,13,14). The summed E-state index contributed by atoms with van der Waals surface area (Å²) in [6.45, 7) is 0. The molecule has 82 valence electrons. The fourth-order valence-electron chi connectivity index (χ4n) is 1.22. The van der Waals surface area contributed by atoms with Crippen LogP contribution in [-0.2, 0) is 5.75 Å². The normalized spacial score (nSPS) is 10.2. The van der Waals surface area contributed by atoms with Crippen LogP contribution in [0, 0.1) is 0 Å². The third-order valence-electron chi connectivity index (χ3n) is 1.95. The van der Waals surface area contributed by atoms with Gasteiger partial charge in [-0.25, -0.2) is 9.78 Å². The van der Waals surface area contributed by atoms with E-state index in [1.54, 1.807) is 47.5 Å². The van der Waals surface area contributed by atoms with Crippen molar-refractivity contribution in [2.75, 3.05) is 0 Å². The van der Waals surface area contributed by atoms with Crippen LogP contribution in [-0.4, -0.2) is 16.1 Å². The minimum atomic E-state index is -0.888. The number of hydrogen-bond donors (Lipinski definition) is 1. The highest BCUT2D eigenvalue weighted by Crippen LogP contribution is 2.24. The van der Waals surface area contributed by atoms with Crippen molar-refractivity contribution in [2.24, 2.45) is 0 Å². The third kappa shape index (κ3) is 2.84. The summed E-state index contributed by atoms with van der Waals surface area (Å²) in [4.78, 5) is 14.9. The first kappa shape index (κ1) is 11.2. The Bertz CT molecular complexity index is 482. The van der Waals surface area contributed by atoms with Gasteiger partial charge in [0.25, 0.3) is 0 Å². The SMILES string of the molecule is O=C(O)c1cccc(CSc2nccs2)c1. The van der Waals surface area contributed by atoms with Crippen molar-refractivity contribution >= 4 is 29.1 Å². The largest absolute Gasteiger partial charge is 0.478 e. The van der Waals surface area contributed by atoms with Crippen LogP contribution in [0.3, 0.4) is 0 Å². The smallest absolute Gasteiger partial charge is 0.335 e. The van der Waals surface area contributed by atoms with Crippen LogP contribution in [0.4, 0.5) is 0 Å². The number of thioether (sulfide) groups is 1. The third-order valence-corrected chi connectivity index (χ3v) is 3.98. The van der Waals surface area contributed by atoms with Crippen molar-refractivity contribution in [1.82, 2.24) is 4.98 Å². The number of thiazole rings is 1. The number of aromatic nitrogens is 1. The van der Waals surface area contributed by atoms with Gasteiger partial charge in [0.2, 0.25) is 0 Å². The van der Waals surface area contributed by atoms with Gasteiger partial charge in [-0.3, -0.25) is 0 Å². The fourth-order valence-corrected chi connectivity index (χ4v) is 2.80. The molecule has 0 bridgehead atoms. The zero-order valence-corrected chi connectivity index (χ0v) is 9.92. The van der Waals surface area contributed by atoms with E-state index in [4.69, 9.17) is 5.11 Å². The van der Waals surface area contributed by atoms with Gasteiger partial charge in [-0.2, -0.15) is 0 Å². The van der Waals surface area contributed by atoms with Gasteiger partial charge in [0.15, 0.2) is 0 Å². The Morgan fingerprint density at radius 2 is 2.38 bits per heavy atom. The maximum Gasteiger partial charge on any atom is 0.335 e. The molecule has 3 nitrogen and oxygen atoms in total. The lowest BCUT2D eigenvalue weighted by Gasteiger charge is -2.00. The highest BCUT2D eigenvalue weighted by Gasteiger charge is 2.04. The number of nitrogens with zero attached hydrogens (tertiary/aromatic N) is 1. The number of carboxylic acids is 1. The first-order valence-electron chi connectivity index (χ1n) is 4.60. The van der Waals surface area contributed by atoms with E-state index in [1.807, 2.05) is 11.4 Å². The Labute approximate surface area is 101 Å². The minimum absolute atomic E-state index is 0.331. The van der Waals surface area contributed by atoms with Gasteiger partial charge in [0, 0.05) is 17.3 Å². The van der Waals surface area contributed by atoms with Crippen LogP contribution in [0.5, 0.6) is 0 Å². The van der Waals surface area contributed by atoms with Crippen molar-refractivity contribution in [2.45, 2.75) is 10.1 Å². The first-order chi connectivity index (χ1) is 7.75. The van der Waals surface area contributed by atoms with Crippen LogP contribution < -0.4 is 0 Å². The Morgan fingerprint density at radius 3 is 3.06 bits per heavy atom. The molecular formula is C11H9NO2S2. The van der Waals surface area contributed by atoms with Gasteiger partial charge < -0.3 is 5.11 Å². The zero-order valence-electron chi connectivity index (χ0n) is 8.29. The molecule has 0 aliphatic rings. The maximum absolute atomic E-state index is 10.8. The van der Waals surface area contributed by atoms with E-state index >= 15 is 0 Å². The summed E-state index contributed by atoms with van der Waals surface area (Å²) in [5.74, 6) is -0.143. The Hall–Kier alpha value is -1.33. The molecular weight excluding hydrogens is 242 g/mol. The Morgan fingerprint density at radius 1 is 1.50 bits per heavy atom. The van der Waals surface area contributed by atoms with Gasteiger partial charge in [-0.05, 0) is 17.7 Å². The molecule has 0 unspecified atom stereocenters. The number of aromatic carboxylic acids is 1. The molecule has 0 aliphatic heterocycles. The quantitative estimate of drug-likeness (QED) is 0.848. The number of rotatable bonds is 4. The maximum atomic E-state index is 10.8. The van der Waals surface area contributed by atoms with Crippen molar-refractivity contribution < 1.29 is 9.90 Å². The molecule has 0 saturated carbocycles. The van der Waals surface area contributed by atoms with Gasteiger partial charge in [-0.15, -0.1) is 11.3 Å².